The zero-order chi connectivity index (χ0) is 16.1. The summed E-state index contributed by atoms with van der Waals surface area (Å²) in [6.07, 6.45) is 0.205. The van der Waals surface area contributed by atoms with Crippen molar-refractivity contribution in [3.05, 3.63) is 35.7 Å². The Balaban J connectivity index is 2.12. The number of aromatic nitrogens is 1. The van der Waals surface area contributed by atoms with Gasteiger partial charge in [-0.25, -0.2) is 4.98 Å². The Kier molecular flexibility index (Phi) is 5.11. The number of nitrogens with two attached hydrogens (primary N) is 1. The zero-order valence-electron chi connectivity index (χ0n) is 12.4. The Morgan fingerprint density at radius 2 is 2.14 bits per heavy atom. The molecule has 1 aromatic heterocycles. The van der Waals surface area contributed by atoms with E-state index in [-0.39, 0.29) is 24.1 Å². The average molecular weight is 318 g/mol. The van der Waals surface area contributed by atoms with E-state index in [1.54, 1.807) is 14.0 Å². The predicted molar refractivity (Wildman–Crippen MR) is 88.1 cm³/mol. The van der Waals surface area contributed by atoms with Crippen LogP contribution in [0.5, 0.6) is 0 Å². The molecule has 0 aliphatic carbocycles. The number of anilines is 1. The smallest absolute Gasteiger partial charge is 0.231 e. The van der Waals surface area contributed by atoms with E-state index < -0.39 is 0 Å². The van der Waals surface area contributed by atoms with Gasteiger partial charge in [-0.2, -0.15) is 0 Å². The fraction of sp³-hybridized carbons (Fsp3) is 0.267. The molecule has 116 valence electrons. The molecule has 0 bridgehead atoms. The molecule has 0 saturated carbocycles. The number of carbonyl (C=O) groups is 1. The Hall–Kier alpha value is -2.41. The van der Waals surface area contributed by atoms with E-state index in [0.717, 1.165) is 11.3 Å². The zero-order valence-corrected chi connectivity index (χ0v) is 13.2. The monoisotopic (exact) mass is 318 g/mol. The molecular weight excluding hydrogens is 300 g/mol. The number of hydrogen-bond acceptors (Lipinski definition) is 5. The fourth-order valence-electron chi connectivity index (χ4n) is 2.03. The van der Waals surface area contributed by atoms with E-state index in [0.29, 0.717) is 5.13 Å². The van der Waals surface area contributed by atoms with Gasteiger partial charge in [-0.3, -0.25) is 9.69 Å². The summed E-state index contributed by atoms with van der Waals surface area (Å²) in [6.45, 7) is 1.74. The van der Waals surface area contributed by atoms with Crippen LogP contribution < -0.4 is 10.6 Å². The molecule has 1 amide bonds. The largest absolute Gasteiger partial charge is 0.409 e. The van der Waals surface area contributed by atoms with E-state index in [4.69, 9.17) is 10.9 Å². The third kappa shape index (κ3) is 3.62. The third-order valence-corrected chi connectivity index (χ3v) is 4.16. The van der Waals surface area contributed by atoms with Crippen molar-refractivity contribution >= 4 is 28.2 Å². The van der Waals surface area contributed by atoms with Gasteiger partial charge in [0.2, 0.25) is 5.91 Å². The first-order chi connectivity index (χ1) is 10.5. The first kappa shape index (κ1) is 16.0. The van der Waals surface area contributed by atoms with Gasteiger partial charge in [-0.15, -0.1) is 11.3 Å². The molecule has 0 unspecified atom stereocenters. The summed E-state index contributed by atoms with van der Waals surface area (Å²) in [7, 11) is 1.68. The van der Waals surface area contributed by atoms with Gasteiger partial charge in [-0.05, 0) is 0 Å². The number of amidine groups is 1. The summed E-state index contributed by atoms with van der Waals surface area (Å²) in [4.78, 5) is 18.3. The van der Waals surface area contributed by atoms with E-state index in [9.17, 15) is 4.79 Å². The summed E-state index contributed by atoms with van der Waals surface area (Å²) in [5.74, 6) is -0.469. The topological polar surface area (TPSA) is 91.8 Å². The number of amides is 1. The maximum absolute atomic E-state index is 12.3. The highest BCUT2D eigenvalue weighted by molar-refractivity contribution is 7.14. The number of nitrogens with zero attached hydrogens (tertiary/aromatic N) is 3. The van der Waals surface area contributed by atoms with Crippen molar-refractivity contribution < 1.29 is 10.0 Å². The van der Waals surface area contributed by atoms with Crippen molar-refractivity contribution in [3.8, 4) is 11.3 Å². The van der Waals surface area contributed by atoms with Crippen LogP contribution in [0.15, 0.2) is 40.9 Å². The molecule has 0 aliphatic rings. The number of carbonyl (C=O) groups excluding carboxylic acids is 1. The fourth-order valence-corrected chi connectivity index (χ4v) is 2.83. The van der Waals surface area contributed by atoms with E-state index in [2.05, 4.69) is 10.1 Å². The van der Waals surface area contributed by atoms with Gasteiger partial charge in [0.15, 0.2) is 5.13 Å². The molecule has 6 nitrogen and oxygen atoms in total. The van der Waals surface area contributed by atoms with Crippen LogP contribution in [0.25, 0.3) is 11.3 Å². The number of hydrogen-bond donors (Lipinski definition) is 2. The molecule has 1 atom stereocenters. The molecule has 7 heteroatoms. The highest BCUT2D eigenvalue weighted by atomic mass is 32.1. The lowest BCUT2D eigenvalue weighted by molar-refractivity contribution is -0.121. The summed E-state index contributed by atoms with van der Waals surface area (Å²) >= 11 is 1.41. The molecule has 1 aromatic carbocycles. The molecule has 0 radical (unpaired) electrons. The van der Waals surface area contributed by atoms with Crippen molar-refractivity contribution in [2.24, 2.45) is 16.8 Å². The number of thiazole rings is 1. The van der Waals surface area contributed by atoms with Crippen LogP contribution in [0, 0.1) is 5.92 Å². The van der Waals surface area contributed by atoms with Gasteiger partial charge in [0, 0.05) is 30.3 Å². The third-order valence-electron chi connectivity index (χ3n) is 3.24. The second kappa shape index (κ2) is 7.04. The van der Waals surface area contributed by atoms with Gasteiger partial charge < -0.3 is 10.9 Å². The van der Waals surface area contributed by atoms with E-state index in [1.165, 1.54) is 16.2 Å². The number of rotatable bonds is 5. The molecule has 0 fully saturated rings. The molecule has 3 N–H and O–H groups in total. The van der Waals surface area contributed by atoms with Gasteiger partial charge in [0.1, 0.15) is 5.84 Å². The SMILES string of the molecule is C[C@H](CC(N)=NO)C(=O)N(C)c1nc(-c2ccccc2)cs1. The van der Waals surface area contributed by atoms with Crippen LogP contribution in [0.1, 0.15) is 13.3 Å². The van der Waals surface area contributed by atoms with Gasteiger partial charge in [-0.1, -0.05) is 42.4 Å². The molecule has 2 rings (SSSR count). The van der Waals surface area contributed by atoms with Crippen LogP contribution in [0.4, 0.5) is 5.13 Å². The van der Waals surface area contributed by atoms with Crippen LogP contribution in [-0.2, 0) is 4.79 Å². The summed E-state index contributed by atoms with van der Waals surface area (Å²) in [6, 6.07) is 9.79. The van der Waals surface area contributed by atoms with E-state index in [1.807, 2.05) is 35.7 Å². The average Bonchev–Trinajstić information content (AvgIpc) is 3.04. The predicted octanol–water partition coefficient (Wildman–Crippen LogP) is 2.55. The first-order valence-corrected chi connectivity index (χ1v) is 7.65. The Bertz CT molecular complexity index is 669. The van der Waals surface area contributed by atoms with Crippen molar-refractivity contribution in [2.45, 2.75) is 13.3 Å². The second-order valence-corrected chi connectivity index (χ2v) is 5.81. The normalized spacial score (nSPS) is 12.9. The summed E-state index contributed by atoms with van der Waals surface area (Å²) in [5.41, 5.74) is 7.29. The second-order valence-electron chi connectivity index (χ2n) is 4.98. The molecule has 22 heavy (non-hydrogen) atoms. The summed E-state index contributed by atoms with van der Waals surface area (Å²) < 4.78 is 0. The van der Waals surface area contributed by atoms with Crippen molar-refractivity contribution in [1.29, 1.82) is 0 Å². The van der Waals surface area contributed by atoms with Crippen LogP contribution in [0.3, 0.4) is 0 Å². The lowest BCUT2D eigenvalue weighted by Crippen LogP contribution is -2.33. The van der Waals surface area contributed by atoms with Crippen LogP contribution in [-0.4, -0.2) is 29.0 Å². The number of oxime groups is 1. The van der Waals surface area contributed by atoms with Gasteiger partial charge in [0.25, 0.3) is 0 Å². The van der Waals surface area contributed by atoms with Crippen molar-refractivity contribution in [1.82, 2.24) is 4.98 Å². The van der Waals surface area contributed by atoms with Crippen LogP contribution in [0.2, 0.25) is 0 Å². The summed E-state index contributed by atoms with van der Waals surface area (Å²) in [5, 5.41) is 14.0. The quantitative estimate of drug-likeness (QED) is 0.383. The van der Waals surface area contributed by atoms with E-state index >= 15 is 0 Å². The Morgan fingerprint density at radius 1 is 1.45 bits per heavy atom. The highest BCUT2D eigenvalue weighted by Gasteiger charge is 2.22. The van der Waals surface area contributed by atoms with Gasteiger partial charge in [0.05, 0.1) is 5.69 Å². The van der Waals surface area contributed by atoms with Gasteiger partial charge >= 0.3 is 0 Å². The molecular formula is C15H18N4O2S. The molecule has 1 heterocycles. The molecule has 0 spiro atoms. The molecule has 0 aliphatic heterocycles. The van der Waals surface area contributed by atoms with Crippen molar-refractivity contribution in [2.75, 3.05) is 11.9 Å². The van der Waals surface area contributed by atoms with Crippen molar-refractivity contribution in [3.63, 3.8) is 0 Å². The first-order valence-electron chi connectivity index (χ1n) is 6.78. The Morgan fingerprint density at radius 3 is 2.77 bits per heavy atom. The molecule has 0 saturated heterocycles. The lowest BCUT2D eigenvalue weighted by atomic mass is 10.1. The maximum Gasteiger partial charge on any atom is 0.231 e. The minimum Gasteiger partial charge on any atom is -0.409 e. The molecule has 2 aromatic rings. The standard InChI is InChI=1S/C15H18N4O2S/c1-10(8-13(16)18-21)14(20)19(2)15-17-12(9-22-15)11-6-4-3-5-7-11/h3-7,9-10,21H,8H2,1-2H3,(H2,16,18)/t10-/m1/s1. The highest BCUT2D eigenvalue weighted by Crippen LogP contribution is 2.27. The van der Waals surface area contributed by atoms with Crippen LogP contribution >= 0.6 is 11.3 Å². The minimum absolute atomic E-state index is 0.0402. The maximum atomic E-state index is 12.3. The Labute approximate surface area is 132 Å². The lowest BCUT2D eigenvalue weighted by Gasteiger charge is -2.18. The number of benzene rings is 1. The minimum atomic E-state index is -0.384.